The minimum atomic E-state index is -0.482. The van der Waals surface area contributed by atoms with Crippen molar-refractivity contribution in [3.8, 4) is 10.4 Å². The first kappa shape index (κ1) is 10.1. The van der Waals surface area contributed by atoms with Crippen LogP contribution in [0, 0.1) is 0 Å². The molecule has 0 atom stereocenters. The third-order valence-corrected chi connectivity index (χ3v) is 3.24. The van der Waals surface area contributed by atoms with Gasteiger partial charge in [0.05, 0.1) is 12.0 Å². The minimum absolute atomic E-state index is 0.250. The Morgan fingerprint density at radius 3 is 3.00 bits per heavy atom. The Morgan fingerprint density at radius 2 is 2.40 bits per heavy atom. The quantitative estimate of drug-likeness (QED) is 0.808. The number of carbonyl (C=O) groups is 1. The lowest BCUT2D eigenvalue weighted by molar-refractivity contribution is 0.0596. The van der Waals surface area contributed by atoms with E-state index in [4.69, 9.17) is 5.73 Å². The van der Waals surface area contributed by atoms with E-state index in [-0.39, 0.29) is 5.69 Å². The first-order chi connectivity index (χ1) is 7.22. The van der Waals surface area contributed by atoms with Crippen molar-refractivity contribution in [3.05, 3.63) is 17.3 Å². The summed E-state index contributed by atoms with van der Waals surface area (Å²) in [6, 6.07) is 0. The number of esters is 1. The Labute approximate surface area is 93.7 Å². The minimum Gasteiger partial charge on any atom is -0.464 e. The normalized spacial score (nSPS) is 10.2. The molecule has 78 valence electrons. The van der Waals surface area contributed by atoms with Crippen LogP contribution in [0.2, 0.25) is 0 Å². The molecule has 2 aromatic heterocycles. The predicted molar refractivity (Wildman–Crippen MR) is 59.0 cm³/mol. The first-order valence-corrected chi connectivity index (χ1v) is 5.62. The molecule has 2 rings (SSSR count). The number of aromatic nitrogens is 2. The van der Waals surface area contributed by atoms with Gasteiger partial charge in [0.1, 0.15) is 0 Å². The van der Waals surface area contributed by atoms with Gasteiger partial charge < -0.3 is 10.5 Å². The summed E-state index contributed by atoms with van der Waals surface area (Å²) >= 11 is 2.56. The molecule has 7 heteroatoms. The van der Waals surface area contributed by atoms with E-state index in [0.717, 1.165) is 5.56 Å². The number of nitrogen functional groups attached to an aromatic ring is 1. The molecule has 15 heavy (non-hydrogen) atoms. The fraction of sp³-hybridized carbons (Fsp3) is 0.125. The lowest BCUT2D eigenvalue weighted by atomic mass is 10.2. The van der Waals surface area contributed by atoms with Gasteiger partial charge in [-0.2, -0.15) is 0 Å². The van der Waals surface area contributed by atoms with Crippen molar-refractivity contribution in [1.29, 1.82) is 0 Å². The summed E-state index contributed by atoms with van der Waals surface area (Å²) in [5.41, 5.74) is 6.65. The Morgan fingerprint density at radius 1 is 1.60 bits per heavy atom. The fourth-order valence-corrected chi connectivity index (χ4v) is 2.49. The highest BCUT2D eigenvalue weighted by Gasteiger charge is 2.19. The number of anilines is 1. The number of rotatable bonds is 2. The van der Waals surface area contributed by atoms with Gasteiger partial charge in [-0.25, -0.2) is 14.2 Å². The van der Waals surface area contributed by atoms with E-state index >= 15 is 0 Å². The van der Waals surface area contributed by atoms with E-state index in [9.17, 15) is 4.79 Å². The van der Waals surface area contributed by atoms with Crippen LogP contribution >= 0.6 is 22.9 Å². The van der Waals surface area contributed by atoms with Crippen molar-refractivity contribution >= 4 is 34.0 Å². The molecule has 0 saturated carbocycles. The van der Waals surface area contributed by atoms with Gasteiger partial charge in [-0.3, -0.25) is 0 Å². The van der Waals surface area contributed by atoms with E-state index in [1.807, 2.05) is 5.38 Å². The largest absolute Gasteiger partial charge is 0.464 e. The Bertz CT molecular complexity index is 478. The topological polar surface area (TPSA) is 78.1 Å². The lowest BCUT2D eigenvalue weighted by Crippen LogP contribution is -2.03. The first-order valence-electron chi connectivity index (χ1n) is 3.96. The number of nitrogens with zero attached hydrogens (tertiary/aromatic N) is 2. The van der Waals surface area contributed by atoms with Gasteiger partial charge in [0.15, 0.2) is 10.8 Å². The zero-order valence-corrected chi connectivity index (χ0v) is 9.39. The molecule has 0 fully saturated rings. The monoisotopic (exact) mass is 241 g/mol. The van der Waals surface area contributed by atoms with E-state index in [1.165, 1.54) is 30.0 Å². The van der Waals surface area contributed by atoms with E-state index in [2.05, 4.69) is 14.1 Å². The Kier molecular flexibility index (Phi) is 2.65. The summed E-state index contributed by atoms with van der Waals surface area (Å²) in [4.78, 5) is 16.0. The standard InChI is InChI=1S/C8H7N3O2S2/c1-13-7(12)5-6(15-8(9)11-5)4-2-10-14-3-4/h2-3H,1H3,(H2,9,11). The second-order valence-electron chi connectivity index (χ2n) is 2.63. The van der Waals surface area contributed by atoms with Gasteiger partial charge in [0.2, 0.25) is 0 Å². The molecule has 0 aliphatic heterocycles. The highest BCUT2D eigenvalue weighted by Crippen LogP contribution is 2.32. The van der Waals surface area contributed by atoms with Crippen molar-refractivity contribution < 1.29 is 9.53 Å². The van der Waals surface area contributed by atoms with E-state index in [0.29, 0.717) is 10.0 Å². The molecule has 0 spiro atoms. The maximum absolute atomic E-state index is 11.4. The van der Waals surface area contributed by atoms with Gasteiger partial charge >= 0.3 is 5.97 Å². The molecular formula is C8H7N3O2S2. The molecule has 5 nitrogen and oxygen atoms in total. The maximum atomic E-state index is 11.4. The lowest BCUT2D eigenvalue weighted by Gasteiger charge is -1.96. The zero-order chi connectivity index (χ0) is 10.8. The third-order valence-electron chi connectivity index (χ3n) is 1.72. The fourth-order valence-electron chi connectivity index (χ4n) is 1.08. The van der Waals surface area contributed by atoms with Crippen molar-refractivity contribution in [2.45, 2.75) is 0 Å². The van der Waals surface area contributed by atoms with Crippen LogP contribution in [0.4, 0.5) is 5.13 Å². The van der Waals surface area contributed by atoms with Gasteiger partial charge in [-0.1, -0.05) is 11.3 Å². The van der Waals surface area contributed by atoms with Crippen molar-refractivity contribution in [3.63, 3.8) is 0 Å². The third kappa shape index (κ3) is 1.83. The Hall–Kier alpha value is -1.47. The Balaban J connectivity index is 2.52. The summed E-state index contributed by atoms with van der Waals surface area (Å²) < 4.78 is 8.58. The number of carbonyl (C=O) groups excluding carboxylic acids is 1. The van der Waals surface area contributed by atoms with Crippen LogP contribution in [0.5, 0.6) is 0 Å². The van der Waals surface area contributed by atoms with Crippen LogP contribution in [0.25, 0.3) is 10.4 Å². The predicted octanol–water partition coefficient (Wildman–Crippen LogP) is 1.64. The smallest absolute Gasteiger partial charge is 0.358 e. The van der Waals surface area contributed by atoms with Crippen LogP contribution < -0.4 is 5.73 Å². The molecule has 0 aliphatic carbocycles. The highest BCUT2D eigenvalue weighted by molar-refractivity contribution is 7.19. The molecule has 2 heterocycles. The summed E-state index contributed by atoms with van der Waals surface area (Å²) in [5, 5.41) is 2.18. The summed E-state index contributed by atoms with van der Waals surface area (Å²) in [6.45, 7) is 0. The van der Waals surface area contributed by atoms with Gasteiger partial charge in [-0.15, -0.1) is 0 Å². The molecular weight excluding hydrogens is 234 g/mol. The van der Waals surface area contributed by atoms with Crippen molar-refractivity contribution in [2.24, 2.45) is 0 Å². The van der Waals surface area contributed by atoms with Gasteiger partial charge in [0.25, 0.3) is 0 Å². The molecule has 0 amide bonds. The molecule has 2 N–H and O–H groups in total. The average Bonchev–Trinajstić information content (AvgIpc) is 2.84. The summed E-state index contributed by atoms with van der Waals surface area (Å²) in [5.74, 6) is -0.482. The molecule has 0 radical (unpaired) electrons. The van der Waals surface area contributed by atoms with Crippen LogP contribution in [-0.2, 0) is 4.74 Å². The second-order valence-corrected chi connectivity index (χ2v) is 4.32. The van der Waals surface area contributed by atoms with E-state index < -0.39 is 5.97 Å². The zero-order valence-electron chi connectivity index (χ0n) is 7.76. The van der Waals surface area contributed by atoms with Crippen LogP contribution in [0.1, 0.15) is 10.5 Å². The van der Waals surface area contributed by atoms with Crippen LogP contribution in [0.15, 0.2) is 11.6 Å². The molecule has 0 aromatic carbocycles. The molecule has 0 bridgehead atoms. The SMILES string of the molecule is COC(=O)c1nc(N)sc1-c1cnsc1. The summed E-state index contributed by atoms with van der Waals surface area (Å²) in [7, 11) is 1.31. The number of thiazole rings is 1. The average molecular weight is 241 g/mol. The number of hydrogen-bond acceptors (Lipinski definition) is 7. The van der Waals surface area contributed by atoms with Crippen molar-refractivity contribution in [1.82, 2.24) is 9.36 Å². The number of hydrogen-bond donors (Lipinski definition) is 1. The van der Waals surface area contributed by atoms with Crippen LogP contribution in [0.3, 0.4) is 0 Å². The number of methoxy groups -OCH3 is 1. The summed E-state index contributed by atoms with van der Waals surface area (Å²) in [6.07, 6.45) is 1.67. The molecule has 0 aliphatic rings. The van der Waals surface area contributed by atoms with Crippen molar-refractivity contribution in [2.75, 3.05) is 12.8 Å². The maximum Gasteiger partial charge on any atom is 0.358 e. The highest BCUT2D eigenvalue weighted by atomic mass is 32.1. The number of ether oxygens (including phenoxy) is 1. The van der Waals surface area contributed by atoms with Gasteiger partial charge in [-0.05, 0) is 11.5 Å². The number of nitrogens with two attached hydrogens (primary N) is 1. The molecule has 2 aromatic rings. The van der Waals surface area contributed by atoms with Gasteiger partial charge in [0, 0.05) is 17.1 Å². The van der Waals surface area contributed by atoms with Crippen LogP contribution in [-0.4, -0.2) is 22.4 Å². The molecule has 0 saturated heterocycles. The molecule has 0 unspecified atom stereocenters. The van der Waals surface area contributed by atoms with E-state index in [1.54, 1.807) is 6.20 Å². The second kappa shape index (κ2) is 3.95.